The van der Waals surface area contributed by atoms with Gasteiger partial charge < -0.3 is 5.11 Å². The Kier molecular flexibility index (Phi) is 5.88. The lowest BCUT2D eigenvalue weighted by atomic mass is 9.42. The fourth-order valence-electron chi connectivity index (χ4n) is 8.75. The Labute approximate surface area is 174 Å². The third kappa shape index (κ3) is 3.36. The molecule has 0 aromatic carbocycles. The lowest BCUT2D eigenvalue weighted by Gasteiger charge is -2.63. The second kappa shape index (κ2) is 7.81. The molecule has 0 saturated heterocycles. The van der Waals surface area contributed by atoms with Crippen molar-refractivity contribution in [2.45, 2.75) is 91.1 Å². The number of hydrogen-bond acceptors (Lipinski definition) is 2. The molecule has 0 amide bonds. The average Bonchev–Trinajstić information content (AvgIpc) is 2.98. The molecular weight excluding hydrogens is 366 g/mol. The molecule has 0 aliphatic heterocycles. The van der Waals surface area contributed by atoms with Gasteiger partial charge in [-0.2, -0.15) is 0 Å². The fourth-order valence-corrected chi connectivity index (χ4v) is 9.05. The minimum absolute atomic E-state index is 0.0618. The summed E-state index contributed by atoms with van der Waals surface area (Å²) in [5, 5.41) is 17.5. The highest BCUT2D eigenvalue weighted by Crippen LogP contribution is 2.69. The maximum Gasteiger partial charge on any atom is 0.114 e. The molecule has 5 unspecified atom stereocenters. The van der Waals surface area contributed by atoms with Crippen LogP contribution in [0.1, 0.15) is 85.0 Å². The normalized spacial score (nSPS) is 52.1. The number of aliphatic hydroxyl groups excluding tert-OH is 1. The second-order valence-electron chi connectivity index (χ2n) is 11.1. The summed E-state index contributed by atoms with van der Waals surface area (Å²) in [5.74, 6) is 4.83. The molecule has 4 aliphatic carbocycles. The van der Waals surface area contributed by atoms with Crippen LogP contribution in [0.25, 0.3) is 0 Å². The number of rotatable bonds is 4. The lowest BCUT2D eigenvalue weighted by Crippen LogP contribution is -2.56. The van der Waals surface area contributed by atoms with E-state index in [0.717, 1.165) is 54.8 Å². The van der Waals surface area contributed by atoms with Gasteiger partial charge in [0, 0.05) is 5.41 Å². The van der Waals surface area contributed by atoms with Crippen LogP contribution in [-0.4, -0.2) is 15.4 Å². The molecule has 4 heteroatoms. The minimum atomic E-state index is -1.32. The van der Waals surface area contributed by atoms with Gasteiger partial charge in [-0.1, -0.05) is 33.3 Å². The molecule has 4 fully saturated rings. The zero-order chi connectivity index (χ0) is 20.1. The molecule has 28 heavy (non-hydrogen) atoms. The van der Waals surface area contributed by atoms with E-state index in [2.05, 4.69) is 26.8 Å². The molecule has 3 nitrogen and oxygen atoms in total. The lowest BCUT2D eigenvalue weighted by molar-refractivity contribution is -0.150. The Morgan fingerprint density at radius 2 is 1.75 bits per heavy atom. The molecule has 4 saturated carbocycles. The molecule has 10 atom stereocenters. The van der Waals surface area contributed by atoms with Gasteiger partial charge in [0.05, 0.1) is 6.10 Å². The van der Waals surface area contributed by atoms with Crippen LogP contribution in [-0.2, 0) is 11.0 Å². The van der Waals surface area contributed by atoms with Crippen LogP contribution in [0, 0.1) is 46.3 Å². The highest BCUT2D eigenvalue weighted by atomic mass is 32.2. The topological polar surface area (TPSA) is 63.3 Å². The Morgan fingerprint density at radius 1 is 1.04 bits per heavy atom. The summed E-state index contributed by atoms with van der Waals surface area (Å²) in [6.07, 6.45) is 14.4. The first-order valence-electron chi connectivity index (χ1n) is 11.8. The SMILES string of the molecule is CC[C@H]1CC2[C@H](CCC3(C)[C@@H](C/C=C/S(N)=O)CC[C@@H]23)C2(C)CC[C@@H](O)CC12. The first kappa shape index (κ1) is 21.1. The van der Waals surface area contributed by atoms with Gasteiger partial charge in [-0.3, -0.25) is 0 Å². The number of hydrogen-bond donors (Lipinski definition) is 2. The van der Waals surface area contributed by atoms with Crippen molar-refractivity contribution in [2.24, 2.45) is 51.5 Å². The van der Waals surface area contributed by atoms with Crippen molar-refractivity contribution >= 4 is 11.0 Å². The first-order chi connectivity index (χ1) is 13.3. The third-order valence-electron chi connectivity index (χ3n) is 10.2. The summed E-state index contributed by atoms with van der Waals surface area (Å²) in [5.41, 5.74) is 0.885. The molecule has 0 bridgehead atoms. The summed E-state index contributed by atoms with van der Waals surface area (Å²) >= 11 is 0. The van der Waals surface area contributed by atoms with Gasteiger partial charge in [0.15, 0.2) is 0 Å². The van der Waals surface area contributed by atoms with Gasteiger partial charge >= 0.3 is 0 Å². The molecule has 0 radical (unpaired) electrons. The quantitative estimate of drug-likeness (QED) is 0.675. The summed E-state index contributed by atoms with van der Waals surface area (Å²) in [7, 11) is -1.32. The van der Waals surface area contributed by atoms with E-state index in [1.165, 1.54) is 44.9 Å². The standard InChI is InChI=1S/C24H41NO2S/c1-4-16-14-19-20-8-7-17(6-5-13-28(25)27)23(20,2)12-10-21(19)24(3)11-9-18(26)15-22(16)24/h5,13,16-22,26H,4,6-12,14-15,25H2,1-3H3/b13-5+/t16-,17-,18+,19?,20-,21-,22?,23?,24?,28?/m0/s1. The van der Waals surface area contributed by atoms with Crippen molar-refractivity contribution in [3.05, 3.63) is 11.5 Å². The maximum atomic E-state index is 11.2. The first-order valence-corrected chi connectivity index (χ1v) is 13.1. The van der Waals surface area contributed by atoms with E-state index >= 15 is 0 Å². The van der Waals surface area contributed by atoms with Crippen molar-refractivity contribution in [1.82, 2.24) is 0 Å². The van der Waals surface area contributed by atoms with Crippen molar-refractivity contribution in [2.75, 3.05) is 0 Å². The Hall–Kier alpha value is -0.190. The van der Waals surface area contributed by atoms with Crippen molar-refractivity contribution < 1.29 is 9.32 Å². The molecule has 0 spiro atoms. The molecule has 4 rings (SSSR count). The van der Waals surface area contributed by atoms with Crippen LogP contribution < -0.4 is 5.14 Å². The van der Waals surface area contributed by atoms with Crippen LogP contribution in [0.2, 0.25) is 0 Å². The molecule has 0 aromatic rings. The van der Waals surface area contributed by atoms with Crippen LogP contribution >= 0.6 is 0 Å². The third-order valence-corrected chi connectivity index (χ3v) is 10.6. The highest BCUT2D eigenvalue weighted by Gasteiger charge is 2.61. The average molecular weight is 408 g/mol. The number of nitrogens with two attached hydrogens (primary N) is 1. The zero-order valence-corrected chi connectivity index (χ0v) is 18.9. The van der Waals surface area contributed by atoms with Crippen LogP contribution in [0.5, 0.6) is 0 Å². The highest BCUT2D eigenvalue weighted by molar-refractivity contribution is 7.85. The van der Waals surface area contributed by atoms with Crippen molar-refractivity contribution in [1.29, 1.82) is 0 Å². The van der Waals surface area contributed by atoms with E-state index in [4.69, 9.17) is 5.14 Å². The van der Waals surface area contributed by atoms with Gasteiger partial charge in [-0.05, 0) is 104 Å². The predicted molar refractivity (Wildman–Crippen MR) is 116 cm³/mol. The number of allylic oxidation sites excluding steroid dienone is 1. The Morgan fingerprint density at radius 3 is 2.46 bits per heavy atom. The Bertz CT molecular complexity index is 636. The minimum Gasteiger partial charge on any atom is -0.393 e. The van der Waals surface area contributed by atoms with Crippen molar-refractivity contribution in [3.8, 4) is 0 Å². The van der Waals surface area contributed by atoms with Gasteiger partial charge in [0.1, 0.15) is 11.0 Å². The number of fused-ring (bicyclic) bond motifs is 5. The molecular formula is C24H41NO2S. The van der Waals surface area contributed by atoms with Crippen LogP contribution in [0.15, 0.2) is 11.5 Å². The van der Waals surface area contributed by atoms with Crippen molar-refractivity contribution in [3.63, 3.8) is 0 Å². The Balaban J connectivity index is 1.57. The van der Waals surface area contributed by atoms with E-state index in [1.807, 2.05) is 0 Å². The van der Waals surface area contributed by atoms with E-state index in [9.17, 15) is 9.32 Å². The second-order valence-corrected chi connectivity index (χ2v) is 12.0. The molecule has 4 aliphatic rings. The van der Waals surface area contributed by atoms with E-state index in [1.54, 1.807) is 5.41 Å². The summed E-state index contributed by atoms with van der Waals surface area (Å²) in [6, 6.07) is 0. The predicted octanol–water partition coefficient (Wildman–Crippen LogP) is 5.17. The van der Waals surface area contributed by atoms with Gasteiger partial charge in [-0.15, -0.1) is 0 Å². The smallest absolute Gasteiger partial charge is 0.114 e. The van der Waals surface area contributed by atoms with Crippen LogP contribution in [0.4, 0.5) is 0 Å². The van der Waals surface area contributed by atoms with E-state index in [-0.39, 0.29) is 6.10 Å². The van der Waals surface area contributed by atoms with Gasteiger partial charge in [0.25, 0.3) is 0 Å². The van der Waals surface area contributed by atoms with E-state index < -0.39 is 11.0 Å². The summed E-state index contributed by atoms with van der Waals surface area (Å²) in [4.78, 5) is 0. The summed E-state index contributed by atoms with van der Waals surface area (Å²) in [6.45, 7) is 7.54. The molecule has 0 aromatic heterocycles. The monoisotopic (exact) mass is 407 g/mol. The molecule has 0 heterocycles. The number of aliphatic hydroxyl groups is 1. The summed E-state index contributed by atoms with van der Waals surface area (Å²) < 4.78 is 11.2. The van der Waals surface area contributed by atoms with Crippen LogP contribution in [0.3, 0.4) is 0 Å². The van der Waals surface area contributed by atoms with Gasteiger partial charge in [0.2, 0.25) is 0 Å². The fraction of sp³-hybridized carbons (Fsp3) is 0.917. The molecule has 160 valence electrons. The molecule has 3 N–H and O–H groups in total. The maximum absolute atomic E-state index is 11.2. The zero-order valence-electron chi connectivity index (χ0n) is 18.1. The van der Waals surface area contributed by atoms with Gasteiger partial charge in [-0.25, -0.2) is 9.35 Å². The van der Waals surface area contributed by atoms with E-state index in [0.29, 0.717) is 10.8 Å². The largest absolute Gasteiger partial charge is 0.393 e.